The van der Waals surface area contributed by atoms with Crippen LogP contribution in [0.2, 0.25) is 0 Å². The minimum absolute atomic E-state index is 0. The van der Waals surface area contributed by atoms with Gasteiger partial charge in [-0.25, -0.2) is 4.99 Å². The average molecular weight is 549 g/mol. The van der Waals surface area contributed by atoms with Gasteiger partial charge in [-0.15, -0.1) is 24.0 Å². The number of methoxy groups -OCH3 is 2. The number of halogens is 1. The van der Waals surface area contributed by atoms with Crippen LogP contribution in [0.25, 0.3) is 0 Å². The number of benzene rings is 1. The highest BCUT2D eigenvalue weighted by Gasteiger charge is 2.23. The molecule has 1 aromatic heterocycles. The van der Waals surface area contributed by atoms with Crippen LogP contribution in [0.4, 0.5) is 0 Å². The second kappa shape index (κ2) is 13.6. The van der Waals surface area contributed by atoms with E-state index in [2.05, 4.69) is 15.6 Å². The molecule has 30 heavy (non-hydrogen) atoms. The predicted octanol–water partition coefficient (Wildman–Crippen LogP) is 3.62. The Bertz CT molecular complexity index is 747. The lowest BCUT2D eigenvalue weighted by Gasteiger charge is -2.21. The lowest BCUT2D eigenvalue weighted by atomic mass is 10.00. The van der Waals surface area contributed by atoms with Gasteiger partial charge in [0, 0.05) is 31.3 Å². The molecule has 1 unspecified atom stereocenters. The van der Waals surface area contributed by atoms with Crippen molar-refractivity contribution in [1.82, 2.24) is 10.6 Å². The molecule has 0 saturated carbocycles. The maximum Gasteiger partial charge on any atom is 0.191 e. The fourth-order valence-corrected chi connectivity index (χ4v) is 3.35. The first-order chi connectivity index (χ1) is 14.0. The van der Waals surface area contributed by atoms with Crippen molar-refractivity contribution in [2.75, 3.05) is 40.5 Å². The highest BCUT2D eigenvalue weighted by atomic mass is 127. The van der Waals surface area contributed by atoms with Crippen molar-refractivity contribution in [2.24, 2.45) is 4.99 Å². The largest absolute Gasteiger partial charge is 0.496 e. The van der Waals surface area contributed by atoms with Crippen molar-refractivity contribution in [2.45, 2.75) is 25.9 Å². The summed E-state index contributed by atoms with van der Waals surface area (Å²) >= 11 is 1.56. The van der Waals surface area contributed by atoms with E-state index in [1.54, 1.807) is 38.5 Å². The van der Waals surface area contributed by atoms with Gasteiger partial charge in [0.05, 0.1) is 27.4 Å². The summed E-state index contributed by atoms with van der Waals surface area (Å²) in [5.41, 5.74) is -0.110. The van der Waals surface area contributed by atoms with Gasteiger partial charge in [0.1, 0.15) is 22.8 Å². The minimum atomic E-state index is -0.989. The summed E-state index contributed by atoms with van der Waals surface area (Å²) in [6.45, 7) is 6.03. The third kappa shape index (κ3) is 8.57. The van der Waals surface area contributed by atoms with E-state index >= 15 is 0 Å². The predicted molar refractivity (Wildman–Crippen MR) is 133 cm³/mol. The number of guanidine groups is 1. The molecule has 0 aliphatic rings. The van der Waals surface area contributed by atoms with E-state index in [1.165, 1.54) is 0 Å². The maximum absolute atomic E-state index is 10.6. The Morgan fingerprint density at radius 2 is 1.80 bits per heavy atom. The molecule has 0 saturated heterocycles. The molecular formula is C21H32IN3O4S. The fraction of sp³-hybridized carbons (Fsp3) is 0.476. The van der Waals surface area contributed by atoms with Crippen LogP contribution in [0.1, 0.15) is 25.8 Å². The Morgan fingerprint density at radius 3 is 2.37 bits per heavy atom. The number of thiophene rings is 1. The summed E-state index contributed by atoms with van der Waals surface area (Å²) in [4.78, 5) is 4.52. The number of hydrogen-bond acceptors (Lipinski definition) is 6. The van der Waals surface area contributed by atoms with Crippen molar-refractivity contribution < 1.29 is 19.3 Å². The van der Waals surface area contributed by atoms with Crippen LogP contribution in [-0.4, -0.2) is 51.5 Å². The quantitative estimate of drug-likeness (QED) is 0.172. The number of nitrogens with zero attached hydrogens (tertiary/aromatic N) is 1. The molecule has 0 amide bonds. The molecule has 0 spiro atoms. The monoisotopic (exact) mass is 549 g/mol. The topological polar surface area (TPSA) is 84.3 Å². The van der Waals surface area contributed by atoms with Gasteiger partial charge in [-0.1, -0.05) is 0 Å². The summed E-state index contributed by atoms with van der Waals surface area (Å²) in [5, 5.41) is 21.0. The Morgan fingerprint density at radius 1 is 1.13 bits per heavy atom. The molecule has 7 nitrogen and oxygen atoms in total. The summed E-state index contributed by atoms with van der Waals surface area (Å²) in [6, 6.07) is 7.38. The highest BCUT2D eigenvalue weighted by molar-refractivity contribution is 14.0. The molecule has 1 heterocycles. The Labute approximate surface area is 199 Å². The number of nitrogens with one attached hydrogen (secondary N) is 2. The minimum Gasteiger partial charge on any atom is -0.496 e. The standard InChI is InChI=1S/C21H31N3O4S.HI/c1-5-22-20(24-15-21(2,25)16-7-10-29-14-16)23-8-6-9-28-19-12-17(26-3)11-18(13-19)27-4;/h7,10-14,25H,5-6,8-9,15H2,1-4H3,(H2,22,23,24);1H. The molecule has 1 aromatic carbocycles. The molecule has 168 valence electrons. The summed E-state index contributed by atoms with van der Waals surface area (Å²) < 4.78 is 16.3. The fourth-order valence-electron chi connectivity index (χ4n) is 2.57. The number of ether oxygens (including phenoxy) is 3. The van der Waals surface area contributed by atoms with Gasteiger partial charge in [0.25, 0.3) is 0 Å². The first-order valence-electron chi connectivity index (χ1n) is 9.61. The zero-order chi connectivity index (χ0) is 21.1. The zero-order valence-corrected chi connectivity index (χ0v) is 21.1. The molecular weight excluding hydrogens is 517 g/mol. The number of aliphatic imine (C=N–C) groups is 1. The van der Waals surface area contributed by atoms with Crippen LogP contribution in [0.5, 0.6) is 17.2 Å². The maximum atomic E-state index is 10.6. The van der Waals surface area contributed by atoms with Crippen LogP contribution >= 0.6 is 35.3 Å². The van der Waals surface area contributed by atoms with Crippen molar-refractivity contribution in [3.8, 4) is 17.2 Å². The Hall–Kier alpha value is -1.72. The van der Waals surface area contributed by atoms with E-state index in [0.717, 1.165) is 18.5 Å². The number of hydrogen-bond donors (Lipinski definition) is 3. The first-order valence-corrected chi connectivity index (χ1v) is 10.6. The van der Waals surface area contributed by atoms with Crippen molar-refractivity contribution >= 4 is 41.3 Å². The molecule has 0 fully saturated rings. The van der Waals surface area contributed by atoms with E-state index in [1.807, 2.05) is 35.9 Å². The van der Waals surface area contributed by atoms with E-state index in [4.69, 9.17) is 14.2 Å². The molecule has 9 heteroatoms. The van der Waals surface area contributed by atoms with E-state index in [0.29, 0.717) is 36.4 Å². The molecule has 0 aliphatic heterocycles. The van der Waals surface area contributed by atoms with Gasteiger partial charge < -0.3 is 30.0 Å². The first kappa shape index (κ1) is 26.3. The second-order valence-corrected chi connectivity index (χ2v) is 7.44. The Kier molecular flexibility index (Phi) is 11.9. The van der Waals surface area contributed by atoms with Crippen molar-refractivity contribution in [3.05, 3.63) is 40.6 Å². The zero-order valence-electron chi connectivity index (χ0n) is 17.9. The summed E-state index contributed by atoms with van der Waals surface area (Å²) in [6.07, 6.45) is 0.783. The van der Waals surface area contributed by atoms with Gasteiger partial charge in [-0.3, -0.25) is 0 Å². The molecule has 0 aliphatic carbocycles. The smallest absolute Gasteiger partial charge is 0.191 e. The van der Waals surface area contributed by atoms with Crippen LogP contribution in [0, 0.1) is 0 Å². The van der Waals surface area contributed by atoms with Gasteiger partial charge in [0.15, 0.2) is 5.96 Å². The molecule has 2 aromatic rings. The molecule has 2 rings (SSSR count). The van der Waals surface area contributed by atoms with Crippen LogP contribution in [0.3, 0.4) is 0 Å². The third-order valence-electron chi connectivity index (χ3n) is 4.24. The van der Waals surface area contributed by atoms with Crippen LogP contribution < -0.4 is 24.8 Å². The number of rotatable bonds is 11. The lowest BCUT2D eigenvalue weighted by Crippen LogP contribution is -2.39. The molecule has 1 atom stereocenters. The Balaban J connectivity index is 0.00000450. The third-order valence-corrected chi connectivity index (χ3v) is 4.92. The van der Waals surface area contributed by atoms with Gasteiger partial charge in [-0.2, -0.15) is 11.3 Å². The highest BCUT2D eigenvalue weighted by Crippen LogP contribution is 2.27. The van der Waals surface area contributed by atoms with Crippen LogP contribution in [-0.2, 0) is 5.60 Å². The SMILES string of the molecule is CCNC(=NCC(C)(O)c1ccsc1)NCCCOc1cc(OC)cc(OC)c1.I. The summed E-state index contributed by atoms with van der Waals surface area (Å²) in [5.74, 6) is 2.76. The average Bonchev–Trinajstić information content (AvgIpc) is 3.27. The second-order valence-electron chi connectivity index (χ2n) is 6.66. The lowest BCUT2D eigenvalue weighted by molar-refractivity contribution is 0.0677. The molecule has 3 N–H and O–H groups in total. The van der Waals surface area contributed by atoms with Crippen molar-refractivity contribution in [1.29, 1.82) is 0 Å². The van der Waals surface area contributed by atoms with Gasteiger partial charge in [-0.05, 0) is 42.7 Å². The van der Waals surface area contributed by atoms with Crippen molar-refractivity contribution in [3.63, 3.8) is 0 Å². The van der Waals surface area contributed by atoms with E-state index in [9.17, 15) is 5.11 Å². The van der Waals surface area contributed by atoms with E-state index in [-0.39, 0.29) is 30.5 Å². The van der Waals surface area contributed by atoms with E-state index < -0.39 is 5.60 Å². The molecule has 0 bridgehead atoms. The van der Waals surface area contributed by atoms with Gasteiger partial charge >= 0.3 is 0 Å². The normalized spacial score (nSPS) is 13.0. The number of aliphatic hydroxyl groups is 1. The van der Waals surface area contributed by atoms with Gasteiger partial charge in [0.2, 0.25) is 0 Å². The molecule has 0 radical (unpaired) electrons. The summed E-state index contributed by atoms with van der Waals surface area (Å²) in [7, 11) is 3.22. The van der Waals surface area contributed by atoms with Crippen LogP contribution in [0.15, 0.2) is 40.0 Å².